The summed E-state index contributed by atoms with van der Waals surface area (Å²) in [7, 11) is 0. The minimum Gasteiger partial charge on any atom is -0.0622 e. The smallest absolute Gasteiger partial charge is 0.0159 e. The van der Waals surface area contributed by atoms with E-state index < -0.39 is 0 Å². The van der Waals surface area contributed by atoms with Gasteiger partial charge in [-0.3, -0.25) is 0 Å². The molecule has 0 heteroatoms. The summed E-state index contributed by atoms with van der Waals surface area (Å²) in [6.45, 7) is 4.77. The number of rotatable bonds is 4. The predicted octanol–water partition coefficient (Wildman–Crippen LogP) is 14.7. The second-order valence-corrected chi connectivity index (χ2v) is 15.2. The standard InChI is InChI=1S/C53H36/c1-53(2)48-30-23-35-15-9-10-16-43(35)52(48)46-29-22-39(32-49(46)53)42-26-21-38(31-47(42)34-13-7-4-8-14-34)41-25-18-37-19-27-44-40(33-11-5-3-6-12-33)24-17-36-20-28-45(41)51(37)50(36)44/h3-32H,1-2H3. The molecular formula is C53H36. The van der Waals surface area contributed by atoms with E-state index in [1.807, 2.05) is 0 Å². The lowest BCUT2D eigenvalue weighted by Crippen LogP contribution is -2.15. The van der Waals surface area contributed by atoms with Crippen LogP contribution in [0.2, 0.25) is 0 Å². The molecule has 0 heterocycles. The average molecular weight is 673 g/mol. The van der Waals surface area contributed by atoms with Crippen LogP contribution in [0.1, 0.15) is 25.0 Å². The van der Waals surface area contributed by atoms with E-state index in [9.17, 15) is 0 Å². The Hall–Kier alpha value is -6.50. The molecule has 0 aromatic heterocycles. The molecule has 0 amide bonds. The van der Waals surface area contributed by atoms with Crippen molar-refractivity contribution in [2.75, 3.05) is 0 Å². The van der Waals surface area contributed by atoms with Crippen LogP contribution in [0.5, 0.6) is 0 Å². The highest BCUT2D eigenvalue weighted by atomic mass is 14.4. The summed E-state index contributed by atoms with van der Waals surface area (Å²) in [6.07, 6.45) is 0. The van der Waals surface area contributed by atoms with Crippen LogP contribution in [0.15, 0.2) is 182 Å². The van der Waals surface area contributed by atoms with Crippen molar-refractivity contribution in [2.45, 2.75) is 19.3 Å². The van der Waals surface area contributed by atoms with Crippen molar-refractivity contribution in [3.05, 3.63) is 193 Å². The fourth-order valence-electron chi connectivity index (χ4n) is 9.42. The Labute approximate surface area is 310 Å². The summed E-state index contributed by atoms with van der Waals surface area (Å²) in [5, 5.41) is 10.5. The molecule has 0 atom stereocenters. The summed E-state index contributed by atoms with van der Waals surface area (Å²) < 4.78 is 0. The highest BCUT2D eigenvalue weighted by molar-refractivity contribution is 6.27. The van der Waals surface area contributed by atoms with Crippen LogP contribution in [-0.4, -0.2) is 0 Å². The fourth-order valence-corrected chi connectivity index (χ4v) is 9.42. The lowest BCUT2D eigenvalue weighted by Gasteiger charge is -2.23. The van der Waals surface area contributed by atoms with E-state index in [-0.39, 0.29) is 5.41 Å². The minimum absolute atomic E-state index is 0.0976. The van der Waals surface area contributed by atoms with Crippen molar-refractivity contribution < 1.29 is 0 Å². The molecule has 0 unspecified atom stereocenters. The Kier molecular flexibility index (Phi) is 6.40. The predicted molar refractivity (Wildman–Crippen MR) is 227 cm³/mol. The van der Waals surface area contributed by atoms with E-state index in [0.717, 1.165) is 0 Å². The van der Waals surface area contributed by atoms with Crippen LogP contribution >= 0.6 is 0 Å². The lowest BCUT2D eigenvalue weighted by molar-refractivity contribution is 0.661. The zero-order chi connectivity index (χ0) is 35.3. The Bertz CT molecular complexity index is 3060. The van der Waals surface area contributed by atoms with E-state index in [4.69, 9.17) is 0 Å². The molecule has 53 heavy (non-hydrogen) atoms. The van der Waals surface area contributed by atoms with Gasteiger partial charge >= 0.3 is 0 Å². The van der Waals surface area contributed by atoms with Crippen LogP contribution in [0.4, 0.5) is 0 Å². The van der Waals surface area contributed by atoms with Crippen molar-refractivity contribution in [1.29, 1.82) is 0 Å². The van der Waals surface area contributed by atoms with Gasteiger partial charge in [-0.2, -0.15) is 0 Å². The van der Waals surface area contributed by atoms with Crippen LogP contribution in [0.3, 0.4) is 0 Å². The molecule has 248 valence electrons. The van der Waals surface area contributed by atoms with Crippen LogP contribution < -0.4 is 0 Å². The molecule has 0 bridgehead atoms. The van der Waals surface area contributed by atoms with E-state index in [1.54, 1.807) is 0 Å². The van der Waals surface area contributed by atoms with Gasteiger partial charge in [0, 0.05) is 5.41 Å². The molecule has 10 aromatic rings. The first-order valence-electron chi connectivity index (χ1n) is 18.7. The monoisotopic (exact) mass is 672 g/mol. The van der Waals surface area contributed by atoms with E-state index in [2.05, 4.69) is 196 Å². The quantitative estimate of drug-likeness (QED) is 0.163. The molecule has 1 aliphatic rings. The number of hydrogen-bond acceptors (Lipinski definition) is 0. The summed E-state index contributed by atoms with van der Waals surface area (Å²) in [5.41, 5.74) is 15.5. The molecule has 0 aliphatic heterocycles. The topological polar surface area (TPSA) is 0 Å². The molecule has 0 spiro atoms. The van der Waals surface area contributed by atoms with Crippen molar-refractivity contribution in [1.82, 2.24) is 0 Å². The van der Waals surface area contributed by atoms with E-state index in [1.165, 1.54) is 110 Å². The molecule has 11 rings (SSSR count). The van der Waals surface area contributed by atoms with Crippen LogP contribution in [0.25, 0.3) is 98.7 Å². The Morgan fingerprint density at radius 2 is 0.811 bits per heavy atom. The second-order valence-electron chi connectivity index (χ2n) is 15.2. The van der Waals surface area contributed by atoms with E-state index >= 15 is 0 Å². The van der Waals surface area contributed by atoms with Gasteiger partial charge < -0.3 is 0 Å². The lowest BCUT2D eigenvalue weighted by atomic mass is 9.80. The fraction of sp³-hybridized carbons (Fsp3) is 0.0566. The second kappa shape index (κ2) is 11.2. The molecule has 10 aromatic carbocycles. The maximum absolute atomic E-state index is 2.46. The maximum atomic E-state index is 2.46. The first kappa shape index (κ1) is 30.2. The average Bonchev–Trinajstić information content (AvgIpc) is 3.45. The van der Waals surface area contributed by atoms with Gasteiger partial charge in [0.2, 0.25) is 0 Å². The SMILES string of the molecule is CC1(C)c2cc(-c3ccc(-c4ccc5ccc6c(-c7ccccc7)ccc7ccc4c5c76)cc3-c3ccccc3)ccc2-c2c1ccc1ccccc21. The van der Waals surface area contributed by atoms with E-state index in [0.29, 0.717) is 0 Å². The van der Waals surface area contributed by atoms with Crippen molar-refractivity contribution in [3.8, 4) is 55.6 Å². The van der Waals surface area contributed by atoms with Gasteiger partial charge in [0.15, 0.2) is 0 Å². The highest BCUT2D eigenvalue weighted by Crippen LogP contribution is 2.53. The summed E-state index contributed by atoms with van der Waals surface area (Å²) >= 11 is 0. The minimum atomic E-state index is -0.0976. The van der Waals surface area contributed by atoms with Gasteiger partial charge in [0.1, 0.15) is 0 Å². The maximum Gasteiger partial charge on any atom is 0.0159 e. The first-order chi connectivity index (χ1) is 26.0. The Balaban J connectivity index is 1.10. The number of hydrogen-bond donors (Lipinski definition) is 0. The van der Waals surface area contributed by atoms with Gasteiger partial charge in [0.05, 0.1) is 0 Å². The molecule has 0 N–H and O–H groups in total. The molecule has 0 fully saturated rings. The third kappa shape index (κ3) is 4.42. The van der Waals surface area contributed by atoms with Gasteiger partial charge in [-0.15, -0.1) is 0 Å². The van der Waals surface area contributed by atoms with Crippen LogP contribution in [0, 0.1) is 0 Å². The van der Waals surface area contributed by atoms with Gasteiger partial charge in [-0.1, -0.05) is 184 Å². The highest BCUT2D eigenvalue weighted by Gasteiger charge is 2.36. The molecule has 1 aliphatic carbocycles. The zero-order valence-electron chi connectivity index (χ0n) is 29.8. The molecule has 0 saturated heterocycles. The summed E-state index contributed by atoms with van der Waals surface area (Å²) in [4.78, 5) is 0. The summed E-state index contributed by atoms with van der Waals surface area (Å²) in [5.74, 6) is 0. The third-order valence-corrected chi connectivity index (χ3v) is 12.0. The van der Waals surface area contributed by atoms with Crippen molar-refractivity contribution >= 4 is 43.1 Å². The molecule has 0 radical (unpaired) electrons. The number of benzene rings is 10. The Morgan fingerprint density at radius 3 is 1.49 bits per heavy atom. The largest absolute Gasteiger partial charge is 0.0622 e. The molecule has 0 nitrogen and oxygen atoms in total. The van der Waals surface area contributed by atoms with Gasteiger partial charge in [0.25, 0.3) is 0 Å². The first-order valence-corrected chi connectivity index (χ1v) is 18.7. The van der Waals surface area contributed by atoms with Crippen molar-refractivity contribution in [3.63, 3.8) is 0 Å². The van der Waals surface area contributed by atoms with Crippen LogP contribution in [-0.2, 0) is 5.41 Å². The zero-order valence-corrected chi connectivity index (χ0v) is 29.8. The Morgan fingerprint density at radius 1 is 0.302 bits per heavy atom. The normalized spacial score (nSPS) is 13.2. The van der Waals surface area contributed by atoms with Gasteiger partial charge in [-0.25, -0.2) is 0 Å². The summed E-state index contributed by atoms with van der Waals surface area (Å²) in [6, 6.07) is 67.9. The number of fused-ring (bicyclic) bond motifs is 5. The molecular weight excluding hydrogens is 637 g/mol. The van der Waals surface area contributed by atoms with Gasteiger partial charge in [-0.05, 0) is 122 Å². The molecule has 0 saturated carbocycles. The van der Waals surface area contributed by atoms with Crippen molar-refractivity contribution in [2.24, 2.45) is 0 Å². The third-order valence-electron chi connectivity index (χ3n) is 12.0.